The highest BCUT2D eigenvalue weighted by Crippen LogP contribution is 2.42. The van der Waals surface area contributed by atoms with E-state index in [1.165, 1.54) is 12.1 Å². The van der Waals surface area contributed by atoms with Crippen LogP contribution in [0.3, 0.4) is 0 Å². The average Bonchev–Trinajstić information content (AvgIpc) is 3.08. The van der Waals surface area contributed by atoms with Crippen LogP contribution in [0.4, 0.5) is 5.69 Å². The lowest BCUT2D eigenvalue weighted by atomic mass is 10.2. The lowest BCUT2D eigenvalue weighted by molar-refractivity contribution is 0.547. The van der Waals surface area contributed by atoms with E-state index >= 15 is 0 Å². The molecule has 1 radical (unpaired) electrons. The predicted octanol–water partition coefficient (Wildman–Crippen LogP) is 4.16. The third kappa shape index (κ3) is 2.54. The Hall–Kier alpha value is -1.68. The second-order valence-electron chi connectivity index (χ2n) is 4.37. The SMILES string of the molecule is CCCC1SC(c2cnco2)=[C]N1c1ccccc1. The molecule has 1 aliphatic rings. The fraction of sp³-hybridized carbons (Fsp3) is 0.267. The summed E-state index contributed by atoms with van der Waals surface area (Å²) in [5.41, 5.74) is 1.17. The zero-order chi connectivity index (χ0) is 13.1. The topological polar surface area (TPSA) is 29.3 Å². The minimum Gasteiger partial charge on any atom is -0.443 e. The molecule has 1 aliphatic heterocycles. The smallest absolute Gasteiger partial charge is 0.181 e. The lowest BCUT2D eigenvalue weighted by Crippen LogP contribution is -2.24. The number of benzene rings is 1. The molecule has 0 fully saturated rings. The van der Waals surface area contributed by atoms with Gasteiger partial charge < -0.3 is 9.32 Å². The maximum Gasteiger partial charge on any atom is 0.181 e. The van der Waals surface area contributed by atoms with Gasteiger partial charge in [-0.3, -0.25) is 0 Å². The van der Waals surface area contributed by atoms with Crippen molar-refractivity contribution in [2.75, 3.05) is 4.90 Å². The monoisotopic (exact) mass is 271 g/mol. The third-order valence-electron chi connectivity index (χ3n) is 2.99. The number of thioether (sulfide) groups is 1. The molecule has 0 spiro atoms. The number of para-hydroxylation sites is 1. The second kappa shape index (κ2) is 5.53. The molecular weight excluding hydrogens is 256 g/mol. The Morgan fingerprint density at radius 2 is 2.21 bits per heavy atom. The second-order valence-corrected chi connectivity index (χ2v) is 5.56. The number of hydrogen-bond acceptors (Lipinski definition) is 4. The largest absolute Gasteiger partial charge is 0.443 e. The standard InChI is InChI=1S/C15H15N2OS/c1-2-6-15-17(12-7-4-3-5-8-12)10-14(19-15)13-9-16-11-18-13/h3-5,7-9,11,15H,2,6H2,1H3. The maximum atomic E-state index is 5.37. The van der Waals surface area contributed by atoms with E-state index in [2.05, 4.69) is 47.3 Å². The summed E-state index contributed by atoms with van der Waals surface area (Å²) in [6, 6.07) is 10.4. The van der Waals surface area contributed by atoms with Gasteiger partial charge in [0, 0.05) is 5.69 Å². The molecule has 0 aliphatic carbocycles. The van der Waals surface area contributed by atoms with Gasteiger partial charge in [-0.1, -0.05) is 43.3 Å². The van der Waals surface area contributed by atoms with Crippen molar-refractivity contribution in [3.8, 4) is 0 Å². The van der Waals surface area contributed by atoms with Crippen LogP contribution in [0.2, 0.25) is 0 Å². The zero-order valence-electron chi connectivity index (χ0n) is 10.7. The Bertz CT molecular complexity index is 551. The normalized spacial score (nSPS) is 18.7. The maximum absolute atomic E-state index is 5.37. The Kier molecular flexibility index (Phi) is 3.60. The van der Waals surface area contributed by atoms with Crippen molar-refractivity contribution in [1.29, 1.82) is 0 Å². The van der Waals surface area contributed by atoms with Crippen molar-refractivity contribution >= 4 is 22.4 Å². The van der Waals surface area contributed by atoms with Gasteiger partial charge in [-0.15, -0.1) is 0 Å². The lowest BCUT2D eigenvalue weighted by Gasteiger charge is -2.23. The summed E-state index contributed by atoms with van der Waals surface area (Å²) < 4.78 is 5.37. The van der Waals surface area contributed by atoms with Gasteiger partial charge in [0.15, 0.2) is 12.2 Å². The number of hydrogen-bond donors (Lipinski definition) is 0. The van der Waals surface area contributed by atoms with Gasteiger partial charge in [-0.25, -0.2) is 4.98 Å². The van der Waals surface area contributed by atoms with Crippen molar-refractivity contribution in [2.24, 2.45) is 0 Å². The summed E-state index contributed by atoms with van der Waals surface area (Å²) in [5, 5.41) is 0.382. The first-order valence-corrected chi connectivity index (χ1v) is 7.30. The first kappa shape index (κ1) is 12.4. The number of aromatic nitrogens is 1. The number of rotatable bonds is 4. The molecular formula is C15H15N2OS. The number of nitrogens with zero attached hydrogens (tertiary/aromatic N) is 2. The minimum atomic E-state index is 0.382. The molecule has 1 aromatic carbocycles. The molecule has 1 unspecified atom stereocenters. The molecule has 1 aromatic heterocycles. The number of oxazole rings is 1. The van der Waals surface area contributed by atoms with Crippen LogP contribution in [0.5, 0.6) is 0 Å². The van der Waals surface area contributed by atoms with Crippen molar-refractivity contribution in [2.45, 2.75) is 25.1 Å². The molecule has 2 heterocycles. The van der Waals surface area contributed by atoms with E-state index in [0.29, 0.717) is 5.37 Å². The van der Waals surface area contributed by atoms with Crippen molar-refractivity contribution in [3.05, 3.63) is 54.9 Å². The van der Waals surface area contributed by atoms with Crippen molar-refractivity contribution in [3.63, 3.8) is 0 Å². The van der Waals surface area contributed by atoms with Crippen LogP contribution in [0.1, 0.15) is 25.5 Å². The van der Waals surface area contributed by atoms with Crippen LogP contribution < -0.4 is 4.90 Å². The van der Waals surface area contributed by atoms with E-state index < -0.39 is 0 Å². The predicted molar refractivity (Wildman–Crippen MR) is 78.4 cm³/mol. The molecule has 2 aromatic rings. The molecule has 0 N–H and O–H groups in total. The van der Waals surface area contributed by atoms with Crippen molar-refractivity contribution in [1.82, 2.24) is 4.98 Å². The van der Waals surface area contributed by atoms with Gasteiger partial charge in [0.2, 0.25) is 0 Å². The van der Waals surface area contributed by atoms with E-state index in [1.807, 2.05) is 6.07 Å². The summed E-state index contributed by atoms with van der Waals surface area (Å²) in [6.45, 7) is 2.20. The van der Waals surface area contributed by atoms with Crippen LogP contribution in [0, 0.1) is 6.20 Å². The number of anilines is 1. The van der Waals surface area contributed by atoms with Crippen LogP contribution in [0.15, 0.2) is 47.3 Å². The van der Waals surface area contributed by atoms with Gasteiger partial charge >= 0.3 is 0 Å². The van der Waals surface area contributed by atoms with Gasteiger partial charge in [-0.2, -0.15) is 0 Å². The molecule has 0 saturated carbocycles. The summed E-state index contributed by atoms with van der Waals surface area (Å²) in [5.74, 6) is 0.796. The summed E-state index contributed by atoms with van der Waals surface area (Å²) in [6.07, 6.45) is 8.89. The van der Waals surface area contributed by atoms with Crippen LogP contribution >= 0.6 is 11.8 Å². The Balaban J connectivity index is 1.90. The molecule has 19 heavy (non-hydrogen) atoms. The first-order valence-electron chi connectivity index (χ1n) is 6.42. The van der Waals surface area contributed by atoms with E-state index in [9.17, 15) is 0 Å². The van der Waals surface area contributed by atoms with Gasteiger partial charge in [-0.05, 0) is 18.6 Å². The third-order valence-corrected chi connectivity index (χ3v) is 4.24. The van der Waals surface area contributed by atoms with E-state index in [4.69, 9.17) is 4.42 Å². The first-order chi connectivity index (χ1) is 9.38. The fourth-order valence-electron chi connectivity index (χ4n) is 2.09. The van der Waals surface area contributed by atoms with Gasteiger partial charge in [0.05, 0.1) is 22.7 Å². The molecule has 4 heteroatoms. The molecule has 0 bridgehead atoms. The molecule has 1 atom stereocenters. The Labute approximate surface area is 117 Å². The molecule has 97 valence electrons. The molecule has 0 amide bonds. The van der Waals surface area contributed by atoms with E-state index in [-0.39, 0.29) is 0 Å². The fourth-order valence-corrected chi connectivity index (χ4v) is 3.37. The summed E-state index contributed by atoms with van der Waals surface area (Å²) in [7, 11) is 0. The molecule has 3 nitrogen and oxygen atoms in total. The Morgan fingerprint density at radius 3 is 2.89 bits per heavy atom. The zero-order valence-corrected chi connectivity index (χ0v) is 11.6. The van der Waals surface area contributed by atoms with E-state index in [1.54, 1.807) is 18.0 Å². The van der Waals surface area contributed by atoms with Crippen LogP contribution in [-0.2, 0) is 0 Å². The van der Waals surface area contributed by atoms with Crippen LogP contribution in [0.25, 0.3) is 4.91 Å². The summed E-state index contributed by atoms with van der Waals surface area (Å²) in [4.78, 5) is 7.20. The van der Waals surface area contributed by atoms with Crippen molar-refractivity contribution < 1.29 is 4.42 Å². The highest BCUT2D eigenvalue weighted by Gasteiger charge is 2.28. The summed E-state index contributed by atoms with van der Waals surface area (Å²) >= 11 is 1.79. The van der Waals surface area contributed by atoms with E-state index in [0.717, 1.165) is 23.5 Å². The Morgan fingerprint density at radius 1 is 1.37 bits per heavy atom. The minimum absolute atomic E-state index is 0.382. The quantitative estimate of drug-likeness (QED) is 0.835. The van der Waals surface area contributed by atoms with Gasteiger partial charge in [0.1, 0.15) is 0 Å². The average molecular weight is 271 g/mol. The van der Waals surface area contributed by atoms with Gasteiger partial charge in [0.25, 0.3) is 0 Å². The molecule has 0 saturated heterocycles. The van der Waals surface area contributed by atoms with Crippen LogP contribution in [-0.4, -0.2) is 10.4 Å². The highest BCUT2D eigenvalue weighted by atomic mass is 32.2. The molecule has 3 rings (SSSR count). The highest BCUT2D eigenvalue weighted by molar-refractivity contribution is 8.09.